The lowest BCUT2D eigenvalue weighted by molar-refractivity contribution is -0.255. The summed E-state index contributed by atoms with van der Waals surface area (Å²) in [6.45, 7) is 3.07. The first kappa shape index (κ1) is 20.4. The zero-order valence-corrected chi connectivity index (χ0v) is 15.9. The van der Waals surface area contributed by atoms with Crippen molar-refractivity contribution in [2.75, 3.05) is 50.4 Å². The van der Waals surface area contributed by atoms with Gasteiger partial charge in [-0.3, -0.25) is 0 Å². The Bertz CT molecular complexity index is 653. The van der Waals surface area contributed by atoms with Gasteiger partial charge < -0.3 is 19.7 Å². The number of benzene rings is 1. The number of alkyl halides is 3. The molecule has 1 N–H and O–H groups in total. The van der Waals surface area contributed by atoms with Crippen LogP contribution in [0.25, 0.3) is 0 Å². The van der Waals surface area contributed by atoms with Crippen molar-refractivity contribution in [1.29, 1.82) is 0 Å². The highest BCUT2D eigenvalue weighted by atomic mass is 32.2. The van der Waals surface area contributed by atoms with Gasteiger partial charge in [-0.1, -0.05) is 18.2 Å². The Kier molecular flexibility index (Phi) is 6.35. The van der Waals surface area contributed by atoms with Crippen LogP contribution in [0.15, 0.2) is 24.3 Å². The first-order valence-corrected chi connectivity index (χ1v) is 9.98. The molecule has 5 nitrogen and oxygen atoms in total. The molecule has 0 spiro atoms. The molecule has 0 saturated carbocycles. The van der Waals surface area contributed by atoms with E-state index in [4.69, 9.17) is 0 Å². The second-order valence-corrected chi connectivity index (χ2v) is 8.20. The molecule has 0 bridgehead atoms. The van der Waals surface area contributed by atoms with Crippen molar-refractivity contribution in [3.63, 3.8) is 0 Å². The second kappa shape index (κ2) is 8.38. The summed E-state index contributed by atoms with van der Waals surface area (Å²) in [4.78, 5) is 16.1. The second-order valence-electron chi connectivity index (χ2n) is 6.92. The minimum absolute atomic E-state index is 0.211. The number of thioether (sulfide) groups is 1. The highest BCUT2D eigenvalue weighted by Gasteiger charge is 2.49. The van der Waals surface area contributed by atoms with Crippen molar-refractivity contribution in [2.24, 2.45) is 0 Å². The number of likely N-dealkylation sites (N-methyl/N-ethyl adjacent to an activating group) is 1. The van der Waals surface area contributed by atoms with Gasteiger partial charge in [-0.25, -0.2) is 4.90 Å². The summed E-state index contributed by atoms with van der Waals surface area (Å²) in [6.07, 6.45) is -5.45. The van der Waals surface area contributed by atoms with E-state index in [1.165, 1.54) is 11.8 Å². The molecule has 2 aliphatic heterocycles. The predicted octanol–water partition coefficient (Wildman–Crippen LogP) is 1.98. The van der Waals surface area contributed by atoms with E-state index in [-0.39, 0.29) is 17.2 Å². The van der Waals surface area contributed by atoms with Crippen LogP contribution in [-0.4, -0.2) is 84.3 Å². The van der Waals surface area contributed by atoms with Gasteiger partial charge in [-0.2, -0.15) is 24.9 Å². The van der Waals surface area contributed by atoms with Crippen LogP contribution >= 0.6 is 11.8 Å². The van der Waals surface area contributed by atoms with Gasteiger partial charge in [0.15, 0.2) is 0 Å². The lowest BCUT2D eigenvalue weighted by Gasteiger charge is -2.41. The molecule has 3 rings (SSSR count). The van der Waals surface area contributed by atoms with Crippen molar-refractivity contribution in [2.45, 2.75) is 23.7 Å². The Morgan fingerprint density at radius 1 is 1.19 bits per heavy atom. The van der Waals surface area contributed by atoms with Crippen LogP contribution in [0.2, 0.25) is 0 Å². The van der Waals surface area contributed by atoms with Crippen LogP contribution in [0.4, 0.5) is 18.9 Å². The van der Waals surface area contributed by atoms with E-state index in [0.29, 0.717) is 11.8 Å². The summed E-state index contributed by atoms with van der Waals surface area (Å²) in [5, 5.41) is 10.1. The molecule has 0 radical (unpaired) electrons. The summed E-state index contributed by atoms with van der Waals surface area (Å²) in [6, 6.07) is 5.85. The van der Waals surface area contributed by atoms with Crippen LogP contribution in [-0.2, 0) is 4.79 Å². The molecule has 0 aromatic heterocycles. The number of nitrogens with zero attached hydrogens (tertiary/aromatic N) is 3. The van der Waals surface area contributed by atoms with Crippen LogP contribution in [0.3, 0.4) is 0 Å². The maximum atomic E-state index is 13.3. The van der Waals surface area contributed by atoms with E-state index in [2.05, 4.69) is 9.80 Å². The molecule has 1 aromatic rings. The van der Waals surface area contributed by atoms with Crippen LogP contribution in [0, 0.1) is 0 Å². The third-order valence-electron chi connectivity index (χ3n) is 5.21. The number of halogens is 3. The number of hydrogen-bond donors (Lipinski definition) is 1. The van der Waals surface area contributed by atoms with Gasteiger partial charge in [-0.15, -0.1) is 0 Å². The van der Waals surface area contributed by atoms with Crippen LogP contribution < -0.4 is 4.90 Å². The lowest BCUT2D eigenvalue weighted by Crippen LogP contribution is -2.56. The van der Waals surface area contributed by atoms with E-state index in [1.807, 2.05) is 19.2 Å². The Morgan fingerprint density at radius 2 is 1.85 bits per heavy atom. The monoisotopic (exact) mass is 403 g/mol. The molecule has 2 fully saturated rings. The molecule has 3 unspecified atom stereocenters. The highest BCUT2D eigenvalue weighted by molar-refractivity contribution is 8.00. The average Bonchev–Trinajstić information content (AvgIpc) is 2.66. The summed E-state index contributed by atoms with van der Waals surface area (Å²) >= 11 is 1.22. The minimum atomic E-state index is -4.60. The Morgan fingerprint density at radius 3 is 2.48 bits per heavy atom. The molecular formula is C18H24F3N3O2S. The van der Waals surface area contributed by atoms with Crippen LogP contribution in [0.5, 0.6) is 0 Å². The summed E-state index contributed by atoms with van der Waals surface area (Å²) in [5.74, 6) is 0.211. The number of carbonyl (C=O) groups excluding carboxylic acids is 1. The zero-order valence-electron chi connectivity index (χ0n) is 15.1. The van der Waals surface area contributed by atoms with E-state index < -0.39 is 23.7 Å². The molecule has 2 heterocycles. The summed E-state index contributed by atoms with van der Waals surface area (Å²) in [5.41, 5.74) is 1.41. The van der Waals surface area contributed by atoms with Gasteiger partial charge in [0.2, 0.25) is 0 Å². The summed E-state index contributed by atoms with van der Waals surface area (Å²) < 4.78 is 39.9. The van der Waals surface area contributed by atoms with E-state index in [0.717, 1.165) is 31.9 Å². The van der Waals surface area contributed by atoms with E-state index >= 15 is 0 Å². The molecule has 1 aromatic carbocycles. The quantitative estimate of drug-likeness (QED) is 0.613. The molecule has 9 heteroatoms. The number of aliphatic hydroxyl groups excluding tert-OH is 1. The zero-order chi connectivity index (χ0) is 19.6. The molecule has 0 aliphatic carbocycles. The van der Waals surface area contributed by atoms with Gasteiger partial charge in [0.05, 0.1) is 17.4 Å². The number of rotatable bonds is 4. The molecule has 2 saturated heterocycles. The number of anilines is 1. The van der Waals surface area contributed by atoms with E-state index in [1.54, 1.807) is 12.1 Å². The van der Waals surface area contributed by atoms with Crippen molar-refractivity contribution in [1.82, 2.24) is 9.80 Å². The Hall–Kier alpha value is -1.29. The normalized spacial score (nSPS) is 26.8. The molecule has 150 valence electrons. The van der Waals surface area contributed by atoms with Gasteiger partial charge >= 0.3 is 6.30 Å². The maximum absolute atomic E-state index is 13.3. The number of piperazine rings is 1. The van der Waals surface area contributed by atoms with Crippen molar-refractivity contribution in [3.05, 3.63) is 29.8 Å². The molecule has 0 amide bonds. The van der Waals surface area contributed by atoms with Crippen molar-refractivity contribution >= 4 is 23.7 Å². The number of aliphatic hydroxyl groups is 1. The van der Waals surface area contributed by atoms with Gasteiger partial charge in [0, 0.05) is 49.7 Å². The molecule has 2 aliphatic rings. The summed E-state index contributed by atoms with van der Waals surface area (Å²) in [7, 11) is 2.04. The maximum Gasteiger partial charge on any atom is 0.460 e. The molecule has 3 atom stereocenters. The third-order valence-corrected chi connectivity index (χ3v) is 6.55. The standard InChI is InChI=1S/C18H24F3N3O2S/c1-22-6-8-23(9-7-22)14-5-3-2-4-13(14)16(26)17-15(12-25)24(10-11-27-17)18(19,20)21/h2-5,12,15-17,26H,6-11H2,1H3. The van der Waals surface area contributed by atoms with Gasteiger partial charge in [-0.05, 0) is 13.1 Å². The van der Waals surface area contributed by atoms with Crippen LogP contribution in [0.1, 0.15) is 11.7 Å². The molecular weight excluding hydrogens is 379 g/mol. The fourth-order valence-electron chi connectivity index (χ4n) is 3.69. The largest absolute Gasteiger partial charge is 0.460 e. The third kappa shape index (κ3) is 4.42. The number of aldehydes is 1. The lowest BCUT2D eigenvalue weighted by atomic mass is 9.98. The van der Waals surface area contributed by atoms with Gasteiger partial charge in [0.1, 0.15) is 6.29 Å². The fourth-order valence-corrected chi connectivity index (χ4v) is 5.00. The Balaban J connectivity index is 1.87. The smallest absolute Gasteiger partial charge is 0.387 e. The van der Waals surface area contributed by atoms with Crippen molar-refractivity contribution < 1.29 is 23.1 Å². The number of para-hydroxylation sites is 1. The molecule has 27 heavy (non-hydrogen) atoms. The topological polar surface area (TPSA) is 47.0 Å². The highest BCUT2D eigenvalue weighted by Crippen LogP contribution is 2.40. The SMILES string of the molecule is CN1CCN(c2ccccc2C(O)C2SCCN(C(F)(F)F)C2C=O)CC1. The minimum Gasteiger partial charge on any atom is -0.387 e. The fraction of sp³-hybridized carbons (Fsp3) is 0.611. The van der Waals surface area contributed by atoms with Gasteiger partial charge in [0.25, 0.3) is 0 Å². The first-order valence-electron chi connectivity index (χ1n) is 8.94. The van der Waals surface area contributed by atoms with E-state index in [9.17, 15) is 23.1 Å². The predicted molar refractivity (Wildman–Crippen MR) is 100.0 cm³/mol. The first-order chi connectivity index (χ1) is 12.8. The number of hydrogen-bond acceptors (Lipinski definition) is 6. The van der Waals surface area contributed by atoms with Crippen molar-refractivity contribution in [3.8, 4) is 0 Å². The Labute approximate surface area is 161 Å². The number of carbonyl (C=O) groups is 1. The average molecular weight is 403 g/mol.